The molecule has 5 nitrogen and oxygen atoms in total. The van der Waals surface area contributed by atoms with Gasteiger partial charge in [0.05, 0.1) is 5.76 Å². The molecule has 0 radical (unpaired) electrons. The number of carbonyl (C=O) groups excluding carboxylic acids is 1. The Kier molecular flexibility index (Phi) is 4.92. The number of carbonyl (C=O) groups is 1. The molecule has 3 heterocycles. The van der Waals surface area contributed by atoms with Gasteiger partial charge in [-0.15, -0.1) is 0 Å². The molecular weight excluding hydrogens is 406 g/mol. The van der Waals surface area contributed by atoms with E-state index in [1.54, 1.807) is 0 Å². The standard InChI is InChI=1S/C25H35NO4Si/c1-14(2)31(15(3)4,16(5)6)30-18-9-17-7-8-26-24(17)20(10-18)19-11-22-23(29-13-28-22)12-21(19)25(26)27/h9,11-12,14-17,20,24H,7-8,10,13H2,1-6H3/t17-,20-,24+/m0/s1. The first-order chi connectivity index (χ1) is 14.7. The van der Waals surface area contributed by atoms with Crippen molar-refractivity contribution in [3.8, 4) is 11.5 Å². The summed E-state index contributed by atoms with van der Waals surface area (Å²) < 4.78 is 18.4. The number of rotatable bonds is 5. The zero-order valence-electron chi connectivity index (χ0n) is 19.6. The third-order valence-corrected chi connectivity index (χ3v) is 14.2. The van der Waals surface area contributed by atoms with Gasteiger partial charge in [0.2, 0.25) is 6.79 Å². The van der Waals surface area contributed by atoms with Gasteiger partial charge >= 0.3 is 0 Å². The molecular formula is C25H35NO4Si. The number of allylic oxidation sites excluding steroid dienone is 1. The van der Waals surface area contributed by atoms with Crippen LogP contribution in [0.2, 0.25) is 16.6 Å². The fourth-order valence-corrected chi connectivity index (χ4v) is 12.3. The average molecular weight is 442 g/mol. The molecule has 5 rings (SSSR count). The zero-order valence-corrected chi connectivity index (χ0v) is 20.6. The van der Waals surface area contributed by atoms with Crippen molar-refractivity contribution in [2.24, 2.45) is 5.92 Å². The van der Waals surface area contributed by atoms with Crippen molar-refractivity contribution in [1.82, 2.24) is 4.90 Å². The van der Waals surface area contributed by atoms with E-state index < -0.39 is 8.32 Å². The van der Waals surface area contributed by atoms with Crippen molar-refractivity contribution in [3.63, 3.8) is 0 Å². The molecule has 1 aromatic rings. The predicted molar refractivity (Wildman–Crippen MR) is 123 cm³/mol. The summed E-state index contributed by atoms with van der Waals surface area (Å²) in [5.41, 5.74) is 3.52. The van der Waals surface area contributed by atoms with Crippen molar-refractivity contribution < 1.29 is 18.7 Å². The van der Waals surface area contributed by atoms with E-state index in [0.29, 0.717) is 28.3 Å². The Balaban J connectivity index is 1.55. The summed E-state index contributed by atoms with van der Waals surface area (Å²) in [6, 6.07) is 4.20. The minimum absolute atomic E-state index is 0.144. The maximum absolute atomic E-state index is 13.3. The number of hydrogen-bond donors (Lipinski definition) is 0. The molecule has 0 N–H and O–H groups in total. The average Bonchev–Trinajstić information content (AvgIpc) is 3.35. The molecule has 1 saturated heterocycles. The lowest BCUT2D eigenvalue weighted by Crippen LogP contribution is -2.50. The van der Waals surface area contributed by atoms with Crippen LogP contribution in [-0.2, 0) is 4.43 Å². The molecule has 168 valence electrons. The Labute approximate surface area is 186 Å². The molecule has 1 amide bonds. The Morgan fingerprint density at radius 1 is 1.03 bits per heavy atom. The van der Waals surface area contributed by atoms with Crippen molar-refractivity contribution >= 4 is 14.2 Å². The summed E-state index contributed by atoms with van der Waals surface area (Å²) in [6.45, 7) is 15.1. The lowest BCUT2D eigenvalue weighted by molar-refractivity contribution is 0.0652. The molecule has 0 aromatic heterocycles. The normalized spacial score (nSPS) is 26.5. The van der Waals surface area contributed by atoms with Crippen LogP contribution in [0.5, 0.6) is 11.5 Å². The third kappa shape index (κ3) is 2.97. The van der Waals surface area contributed by atoms with Crippen LogP contribution in [0.4, 0.5) is 0 Å². The zero-order chi connectivity index (χ0) is 22.1. The fourth-order valence-electron chi connectivity index (χ4n) is 6.97. The van der Waals surface area contributed by atoms with Crippen LogP contribution in [0.15, 0.2) is 24.0 Å². The van der Waals surface area contributed by atoms with Crippen LogP contribution in [0.25, 0.3) is 0 Å². The number of ether oxygens (including phenoxy) is 2. The topological polar surface area (TPSA) is 48.0 Å². The number of nitrogens with zero attached hydrogens (tertiary/aromatic N) is 1. The highest BCUT2D eigenvalue weighted by Crippen LogP contribution is 2.53. The molecule has 31 heavy (non-hydrogen) atoms. The summed E-state index contributed by atoms with van der Waals surface area (Å²) in [7, 11) is -2.02. The SMILES string of the molecule is CC(C)[Si](OC1=C[C@@H]2CCN3C(=O)c4cc5c(cc4[C@H](C1)[C@@H]23)OCO5)(C(C)C)C(C)C. The number of hydrogen-bond acceptors (Lipinski definition) is 4. The highest BCUT2D eigenvalue weighted by Gasteiger charge is 2.52. The van der Waals surface area contributed by atoms with E-state index in [1.165, 1.54) is 0 Å². The van der Waals surface area contributed by atoms with E-state index in [-0.39, 0.29) is 24.7 Å². The molecule has 1 aromatic carbocycles. The molecule has 1 aliphatic carbocycles. The first-order valence-electron chi connectivity index (χ1n) is 11.9. The first kappa shape index (κ1) is 20.9. The quantitative estimate of drug-likeness (QED) is 0.540. The van der Waals surface area contributed by atoms with Gasteiger partial charge in [-0.25, -0.2) is 0 Å². The Morgan fingerprint density at radius 2 is 1.68 bits per heavy atom. The highest BCUT2D eigenvalue weighted by atomic mass is 28.4. The van der Waals surface area contributed by atoms with Crippen molar-refractivity contribution in [2.75, 3.05) is 13.3 Å². The maximum Gasteiger partial charge on any atom is 0.258 e. The molecule has 3 aliphatic heterocycles. The predicted octanol–water partition coefficient (Wildman–Crippen LogP) is 5.82. The molecule has 6 heteroatoms. The number of benzene rings is 1. The van der Waals surface area contributed by atoms with E-state index in [2.05, 4.69) is 58.6 Å². The smallest absolute Gasteiger partial charge is 0.258 e. The van der Waals surface area contributed by atoms with Gasteiger partial charge in [0.25, 0.3) is 14.2 Å². The van der Waals surface area contributed by atoms with Crippen LogP contribution >= 0.6 is 0 Å². The minimum atomic E-state index is -2.02. The van der Waals surface area contributed by atoms with E-state index >= 15 is 0 Å². The Hall–Kier alpha value is -1.95. The van der Waals surface area contributed by atoms with Crippen molar-refractivity contribution in [3.05, 3.63) is 35.1 Å². The second-order valence-electron chi connectivity index (χ2n) is 10.6. The van der Waals surface area contributed by atoms with Crippen LogP contribution < -0.4 is 9.47 Å². The van der Waals surface area contributed by atoms with Gasteiger partial charge in [0.1, 0.15) is 0 Å². The van der Waals surface area contributed by atoms with Gasteiger partial charge in [-0.2, -0.15) is 0 Å². The van der Waals surface area contributed by atoms with E-state index in [9.17, 15) is 4.79 Å². The van der Waals surface area contributed by atoms with Gasteiger partial charge < -0.3 is 18.8 Å². The third-order valence-electron chi connectivity index (χ3n) is 8.19. The first-order valence-corrected chi connectivity index (χ1v) is 14.0. The summed E-state index contributed by atoms with van der Waals surface area (Å²) >= 11 is 0. The fraction of sp³-hybridized carbons (Fsp3) is 0.640. The second kappa shape index (κ2) is 7.29. The van der Waals surface area contributed by atoms with Gasteiger partial charge in [0.15, 0.2) is 11.5 Å². The molecule has 0 spiro atoms. The summed E-state index contributed by atoms with van der Waals surface area (Å²) in [6.07, 6.45) is 4.25. The van der Waals surface area contributed by atoms with Crippen LogP contribution in [0.3, 0.4) is 0 Å². The van der Waals surface area contributed by atoms with E-state index in [0.717, 1.165) is 42.0 Å². The highest BCUT2D eigenvalue weighted by molar-refractivity contribution is 6.77. The number of amides is 1. The Morgan fingerprint density at radius 3 is 2.32 bits per heavy atom. The lowest BCUT2D eigenvalue weighted by atomic mass is 9.73. The van der Waals surface area contributed by atoms with Gasteiger partial charge in [-0.05, 0) is 46.8 Å². The largest absolute Gasteiger partial charge is 0.546 e. The van der Waals surface area contributed by atoms with E-state index in [4.69, 9.17) is 13.9 Å². The molecule has 0 saturated carbocycles. The molecule has 0 unspecified atom stereocenters. The van der Waals surface area contributed by atoms with Gasteiger partial charge in [0, 0.05) is 36.4 Å². The van der Waals surface area contributed by atoms with Crippen LogP contribution in [-0.4, -0.2) is 38.5 Å². The Bertz CT molecular complexity index is 916. The van der Waals surface area contributed by atoms with Crippen molar-refractivity contribution in [2.45, 2.75) is 83.0 Å². The van der Waals surface area contributed by atoms with Crippen molar-refractivity contribution in [1.29, 1.82) is 0 Å². The van der Waals surface area contributed by atoms with E-state index in [1.807, 2.05) is 6.07 Å². The lowest BCUT2D eigenvalue weighted by Gasteiger charge is -2.47. The monoisotopic (exact) mass is 441 g/mol. The summed E-state index contributed by atoms with van der Waals surface area (Å²) in [5.74, 6) is 3.39. The summed E-state index contributed by atoms with van der Waals surface area (Å²) in [4.78, 5) is 15.4. The minimum Gasteiger partial charge on any atom is -0.546 e. The van der Waals surface area contributed by atoms with Gasteiger partial charge in [-0.1, -0.05) is 41.5 Å². The molecule has 1 fully saturated rings. The maximum atomic E-state index is 13.3. The second-order valence-corrected chi connectivity index (χ2v) is 16.0. The van der Waals surface area contributed by atoms with Gasteiger partial charge in [-0.3, -0.25) is 4.79 Å². The van der Waals surface area contributed by atoms with Crippen LogP contribution in [0, 0.1) is 5.92 Å². The van der Waals surface area contributed by atoms with Crippen LogP contribution in [0.1, 0.15) is 76.2 Å². The molecule has 3 atom stereocenters. The molecule has 4 aliphatic rings. The number of fused-ring (bicyclic) bond motifs is 3. The summed E-state index contributed by atoms with van der Waals surface area (Å²) in [5, 5.41) is 0. The molecule has 0 bridgehead atoms.